The number of carbonyl (C=O) groups is 1. The number of aromatic nitrogens is 2. The maximum atomic E-state index is 14.6. The third-order valence-corrected chi connectivity index (χ3v) is 6.53. The lowest BCUT2D eigenvalue weighted by Crippen LogP contribution is -2.34. The van der Waals surface area contributed by atoms with E-state index in [-0.39, 0.29) is 27.9 Å². The lowest BCUT2D eigenvalue weighted by molar-refractivity contribution is 0.0599. The number of ether oxygens (including phenoxy) is 3. The fourth-order valence-corrected chi connectivity index (χ4v) is 4.60. The van der Waals surface area contributed by atoms with Crippen LogP contribution in [-0.4, -0.2) is 49.6 Å². The van der Waals surface area contributed by atoms with Gasteiger partial charge >= 0.3 is 5.97 Å². The van der Waals surface area contributed by atoms with Gasteiger partial charge in [0.1, 0.15) is 17.5 Å². The second-order valence-electron chi connectivity index (χ2n) is 8.25. The zero-order valence-corrected chi connectivity index (χ0v) is 19.5. The average Bonchev–Trinajstić information content (AvgIpc) is 3.30. The molecule has 170 valence electrons. The summed E-state index contributed by atoms with van der Waals surface area (Å²) < 4.78 is 46.9. The Bertz CT molecular complexity index is 1180. The molecule has 1 saturated heterocycles. The molecule has 9 heteroatoms. The van der Waals surface area contributed by atoms with E-state index in [1.54, 1.807) is 25.3 Å². The molecule has 1 aliphatic heterocycles. The maximum absolute atomic E-state index is 14.6. The van der Waals surface area contributed by atoms with E-state index in [1.165, 1.54) is 13.2 Å². The number of carbonyl (C=O) groups excluding carboxylic acids is 1. The standard InChI is InChI=1S/C23H23BrF2N2O4/c1-23(11-30-2)12-32-10-20(23)28-19-7-13(22(29)31-3)4-5-18(19)27-21(28)8-14-6-17(26)15(24)9-16(14)25/h4-7,9,20H,8,10-12H2,1-3H3/t20-,23-/m1/s1. The Hall–Kier alpha value is -2.36. The molecule has 2 aromatic carbocycles. The van der Waals surface area contributed by atoms with Gasteiger partial charge in [-0.15, -0.1) is 0 Å². The van der Waals surface area contributed by atoms with Crippen LogP contribution in [0.3, 0.4) is 0 Å². The summed E-state index contributed by atoms with van der Waals surface area (Å²) in [5.74, 6) is -1.01. The topological polar surface area (TPSA) is 62.6 Å². The van der Waals surface area contributed by atoms with Gasteiger partial charge in [0.15, 0.2) is 0 Å². The second kappa shape index (κ2) is 8.88. The molecule has 0 radical (unpaired) electrons. The third-order valence-electron chi connectivity index (χ3n) is 5.92. The number of fused-ring (bicyclic) bond motifs is 1. The van der Waals surface area contributed by atoms with Crippen LogP contribution in [0, 0.1) is 17.0 Å². The minimum atomic E-state index is -0.551. The summed E-state index contributed by atoms with van der Waals surface area (Å²) in [5.41, 5.74) is 1.52. The lowest BCUT2D eigenvalue weighted by Gasteiger charge is -2.31. The van der Waals surface area contributed by atoms with E-state index in [1.807, 2.05) is 11.5 Å². The molecule has 0 saturated carbocycles. The molecule has 0 amide bonds. The van der Waals surface area contributed by atoms with E-state index in [0.29, 0.717) is 42.2 Å². The Balaban J connectivity index is 1.89. The number of benzene rings is 2. The Morgan fingerprint density at radius 1 is 1.28 bits per heavy atom. The van der Waals surface area contributed by atoms with Crippen molar-refractivity contribution in [2.75, 3.05) is 34.0 Å². The number of halogens is 3. The third kappa shape index (κ3) is 4.04. The van der Waals surface area contributed by atoms with Crippen LogP contribution in [0.4, 0.5) is 8.78 Å². The van der Waals surface area contributed by atoms with E-state index in [2.05, 4.69) is 15.9 Å². The highest BCUT2D eigenvalue weighted by Crippen LogP contribution is 2.41. The van der Waals surface area contributed by atoms with Gasteiger partial charge in [0.2, 0.25) is 0 Å². The highest BCUT2D eigenvalue weighted by Gasteiger charge is 2.43. The monoisotopic (exact) mass is 508 g/mol. The van der Waals surface area contributed by atoms with Gasteiger partial charge in [-0.05, 0) is 51.8 Å². The number of esters is 1. The molecular weight excluding hydrogens is 486 g/mol. The van der Waals surface area contributed by atoms with Gasteiger partial charge in [0.25, 0.3) is 0 Å². The molecule has 4 rings (SSSR count). The van der Waals surface area contributed by atoms with Crippen LogP contribution in [0.15, 0.2) is 34.8 Å². The summed E-state index contributed by atoms with van der Waals surface area (Å²) in [7, 11) is 2.95. The lowest BCUT2D eigenvalue weighted by atomic mass is 9.85. The van der Waals surface area contributed by atoms with Crippen LogP contribution in [0.2, 0.25) is 0 Å². The number of methoxy groups -OCH3 is 2. The first-order chi connectivity index (χ1) is 15.3. The molecule has 2 atom stereocenters. The van der Waals surface area contributed by atoms with Crippen LogP contribution >= 0.6 is 15.9 Å². The van der Waals surface area contributed by atoms with Crippen LogP contribution in [0.25, 0.3) is 11.0 Å². The van der Waals surface area contributed by atoms with Crippen molar-refractivity contribution in [3.8, 4) is 0 Å². The van der Waals surface area contributed by atoms with Crippen molar-refractivity contribution in [2.45, 2.75) is 19.4 Å². The number of hydrogen-bond donors (Lipinski definition) is 0. The van der Waals surface area contributed by atoms with Crippen LogP contribution in [0.1, 0.15) is 34.7 Å². The van der Waals surface area contributed by atoms with Gasteiger partial charge in [-0.3, -0.25) is 0 Å². The highest BCUT2D eigenvalue weighted by molar-refractivity contribution is 9.10. The van der Waals surface area contributed by atoms with Crippen LogP contribution < -0.4 is 0 Å². The number of rotatable bonds is 6. The van der Waals surface area contributed by atoms with Crippen molar-refractivity contribution in [3.05, 3.63) is 63.4 Å². The Kier molecular flexibility index (Phi) is 6.33. The second-order valence-corrected chi connectivity index (χ2v) is 9.10. The first-order valence-electron chi connectivity index (χ1n) is 10.1. The van der Waals surface area contributed by atoms with Crippen LogP contribution in [0.5, 0.6) is 0 Å². The van der Waals surface area contributed by atoms with Gasteiger partial charge in [0, 0.05) is 18.9 Å². The molecule has 0 unspecified atom stereocenters. The molecular formula is C23H23BrF2N2O4. The highest BCUT2D eigenvalue weighted by atomic mass is 79.9. The molecule has 0 bridgehead atoms. The van der Waals surface area contributed by atoms with Gasteiger partial charge in [-0.25, -0.2) is 18.6 Å². The number of hydrogen-bond acceptors (Lipinski definition) is 5. The maximum Gasteiger partial charge on any atom is 0.337 e. The predicted molar refractivity (Wildman–Crippen MR) is 118 cm³/mol. The summed E-state index contributed by atoms with van der Waals surface area (Å²) in [5, 5.41) is 0. The zero-order valence-electron chi connectivity index (χ0n) is 18.0. The van der Waals surface area contributed by atoms with Crippen LogP contribution in [-0.2, 0) is 20.6 Å². The van der Waals surface area contributed by atoms with Gasteiger partial charge in [-0.1, -0.05) is 6.92 Å². The van der Waals surface area contributed by atoms with Crippen molar-refractivity contribution >= 4 is 32.9 Å². The Morgan fingerprint density at radius 3 is 2.78 bits per heavy atom. The van der Waals surface area contributed by atoms with Gasteiger partial charge < -0.3 is 18.8 Å². The molecule has 0 spiro atoms. The van der Waals surface area contributed by atoms with Gasteiger partial charge in [-0.2, -0.15) is 0 Å². The summed E-state index contributed by atoms with van der Waals surface area (Å²) in [4.78, 5) is 16.9. The fraction of sp³-hybridized carbons (Fsp3) is 0.391. The Labute approximate surface area is 192 Å². The van der Waals surface area contributed by atoms with E-state index >= 15 is 0 Å². The van der Waals surface area contributed by atoms with E-state index < -0.39 is 17.6 Å². The normalized spacial score (nSPS) is 20.8. The van der Waals surface area contributed by atoms with E-state index in [0.717, 1.165) is 6.07 Å². The van der Waals surface area contributed by atoms with E-state index in [4.69, 9.17) is 19.2 Å². The number of imidazole rings is 1. The molecule has 6 nitrogen and oxygen atoms in total. The molecule has 32 heavy (non-hydrogen) atoms. The van der Waals surface area contributed by atoms with Crippen molar-refractivity contribution in [1.29, 1.82) is 0 Å². The van der Waals surface area contributed by atoms with Crippen molar-refractivity contribution < 1.29 is 27.8 Å². The first-order valence-corrected chi connectivity index (χ1v) is 10.9. The molecule has 1 aliphatic rings. The minimum absolute atomic E-state index is 0.0619. The van der Waals surface area contributed by atoms with Gasteiger partial charge in [0.05, 0.1) is 54.0 Å². The first kappa shape index (κ1) is 22.8. The molecule has 0 N–H and O–H groups in total. The number of nitrogens with zero attached hydrogens (tertiary/aromatic N) is 2. The minimum Gasteiger partial charge on any atom is -0.465 e. The molecule has 2 heterocycles. The largest absolute Gasteiger partial charge is 0.465 e. The summed E-state index contributed by atoms with van der Waals surface area (Å²) in [6, 6.07) is 7.17. The molecule has 0 aliphatic carbocycles. The predicted octanol–water partition coefficient (Wildman–Crippen LogP) is 4.68. The van der Waals surface area contributed by atoms with Crippen molar-refractivity contribution in [3.63, 3.8) is 0 Å². The van der Waals surface area contributed by atoms with Crippen molar-refractivity contribution in [1.82, 2.24) is 9.55 Å². The summed E-state index contributed by atoms with van der Waals surface area (Å²) in [6.45, 7) is 3.36. The average molecular weight is 509 g/mol. The smallest absolute Gasteiger partial charge is 0.337 e. The summed E-state index contributed by atoms with van der Waals surface area (Å²) in [6.07, 6.45) is 0.0673. The Morgan fingerprint density at radius 2 is 2.06 bits per heavy atom. The molecule has 3 aromatic rings. The van der Waals surface area contributed by atoms with E-state index in [9.17, 15) is 13.6 Å². The van der Waals surface area contributed by atoms with Crippen molar-refractivity contribution in [2.24, 2.45) is 5.41 Å². The fourth-order valence-electron chi connectivity index (χ4n) is 4.28. The summed E-state index contributed by atoms with van der Waals surface area (Å²) >= 11 is 3.01. The SMILES string of the molecule is COC[C@]1(C)COC[C@H]1n1c(Cc2cc(F)c(Br)cc2F)nc2ccc(C(=O)OC)cc21. The molecule has 1 aromatic heterocycles. The molecule has 1 fully saturated rings. The quantitative estimate of drug-likeness (QED) is 0.357. The zero-order chi connectivity index (χ0) is 23.0.